The van der Waals surface area contributed by atoms with Crippen molar-refractivity contribution < 1.29 is 18.7 Å². The number of methoxy groups -OCH3 is 1. The van der Waals surface area contributed by atoms with Crippen molar-refractivity contribution in [3.8, 4) is 0 Å². The van der Waals surface area contributed by atoms with Crippen LogP contribution >= 0.6 is 0 Å². The van der Waals surface area contributed by atoms with Crippen LogP contribution in [0.5, 0.6) is 0 Å². The number of rotatable bonds is 2. The van der Waals surface area contributed by atoms with E-state index in [0.29, 0.717) is 18.7 Å². The number of amides is 1. The van der Waals surface area contributed by atoms with E-state index in [1.807, 2.05) is 6.92 Å². The highest BCUT2D eigenvalue weighted by molar-refractivity contribution is 5.94. The highest BCUT2D eigenvalue weighted by Crippen LogP contribution is 2.25. The standard InChI is InChI=1S/C13H15FN2O3/c1-8-6-16(7-10(8)13(18)19-2)12(17)9-3-4-11(14)15-5-9/h3-5,8,10H,6-7H2,1-2H3. The molecule has 0 bridgehead atoms. The van der Waals surface area contributed by atoms with Crippen LogP contribution in [0, 0.1) is 17.8 Å². The van der Waals surface area contributed by atoms with Gasteiger partial charge in [0, 0.05) is 19.3 Å². The molecule has 2 unspecified atom stereocenters. The molecule has 102 valence electrons. The second-order valence-electron chi connectivity index (χ2n) is 4.69. The number of hydrogen-bond donors (Lipinski definition) is 0. The van der Waals surface area contributed by atoms with Crippen LogP contribution in [0.25, 0.3) is 0 Å². The first-order chi connectivity index (χ1) is 9.02. The molecular formula is C13H15FN2O3. The van der Waals surface area contributed by atoms with Gasteiger partial charge in [-0.15, -0.1) is 0 Å². The van der Waals surface area contributed by atoms with Crippen LogP contribution in [-0.2, 0) is 9.53 Å². The molecule has 0 aromatic carbocycles. The van der Waals surface area contributed by atoms with Gasteiger partial charge in [0.15, 0.2) is 0 Å². The summed E-state index contributed by atoms with van der Waals surface area (Å²) < 4.78 is 17.4. The van der Waals surface area contributed by atoms with Gasteiger partial charge in [-0.25, -0.2) is 4.98 Å². The van der Waals surface area contributed by atoms with Gasteiger partial charge in [-0.1, -0.05) is 6.92 Å². The Labute approximate surface area is 110 Å². The van der Waals surface area contributed by atoms with E-state index in [4.69, 9.17) is 4.74 Å². The Balaban J connectivity index is 2.09. The van der Waals surface area contributed by atoms with Crippen LogP contribution in [0.1, 0.15) is 17.3 Å². The zero-order valence-corrected chi connectivity index (χ0v) is 10.8. The summed E-state index contributed by atoms with van der Waals surface area (Å²) in [7, 11) is 1.34. The van der Waals surface area contributed by atoms with E-state index >= 15 is 0 Å². The monoisotopic (exact) mass is 266 g/mol. The molecule has 0 radical (unpaired) electrons. The molecule has 1 aromatic heterocycles. The molecule has 5 nitrogen and oxygen atoms in total. The second kappa shape index (κ2) is 5.34. The van der Waals surface area contributed by atoms with Gasteiger partial charge in [-0.2, -0.15) is 4.39 Å². The number of halogens is 1. The Bertz CT molecular complexity index is 489. The van der Waals surface area contributed by atoms with Crippen molar-refractivity contribution in [2.45, 2.75) is 6.92 Å². The summed E-state index contributed by atoms with van der Waals surface area (Å²) in [5.41, 5.74) is 0.319. The van der Waals surface area contributed by atoms with Crippen molar-refractivity contribution in [1.82, 2.24) is 9.88 Å². The molecule has 1 fully saturated rings. The molecule has 0 saturated carbocycles. The number of ether oxygens (including phenoxy) is 1. The van der Waals surface area contributed by atoms with E-state index in [2.05, 4.69) is 4.98 Å². The summed E-state index contributed by atoms with van der Waals surface area (Å²) in [6, 6.07) is 2.53. The van der Waals surface area contributed by atoms with Crippen molar-refractivity contribution in [3.05, 3.63) is 29.8 Å². The summed E-state index contributed by atoms with van der Waals surface area (Å²) in [4.78, 5) is 28.7. The fourth-order valence-electron chi connectivity index (χ4n) is 2.28. The molecule has 0 N–H and O–H groups in total. The number of nitrogens with zero attached hydrogens (tertiary/aromatic N) is 2. The minimum Gasteiger partial charge on any atom is -0.469 e. The summed E-state index contributed by atoms with van der Waals surface area (Å²) in [5.74, 6) is -1.43. The highest BCUT2D eigenvalue weighted by atomic mass is 19.1. The molecule has 1 amide bonds. The molecule has 2 atom stereocenters. The van der Waals surface area contributed by atoms with Gasteiger partial charge in [-0.05, 0) is 18.1 Å². The van der Waals surface area contributed by atoms with Gasteiger partial charge in [0.25, 0.3) is 5.91 Å². The van der Waals surface area contributed by atoms with E-state index < -0.39 is 5.95 Å². The maximum absolute atomic E-state index is 12.7. The average molecular weight is 266 g/mol. The predicted octanol–water partition coefficient (Wildman–Crippen LogP) is 1.10. The highest BCUT2D eigenvalue weighted by Gasteiger charge is 2.37. The molecule has 0 spiro atoms. The number of pyridine rings is 1. The van der Waals surface area contributed by atoms with E-state index in [0.717, 1.165) is 6.07 Å². The first-order valence-corrected chi connectivity index (χ1v) is 6.01. The van der Waals surface area contributed by atoms with Crippen LogP contribution in [0.4, 0.5) is 4.39 Å². The normalized spacial score (nSPS) is 22.4. The molecule has 2 rings (SSSR count). The lowest BCUT2D eigenvalue weighted by atomic mass is 9.99. The number of carbonyl (C=O) groups is 2. The van der Waals surface area contributed by atoms with E-state index in [-0.39, 0.29) is 23.7 Å². The lowest BCUT2D eigenvalue weighted by molar-refractivity contribution is -0.146. The van der Waals surface area contributed by atoms with Gasteiger partial charge in [0.2, 0.25) is 5.95 Å². The minimum atomic E-state index is -0.626. The van der Waals surface area contributed by atoms with Gasteiger partial charge in [0.05, 0.1) is 18.6 Å². The Morgan fingerprint density at radius 3 is 2.74 bits per heavy atom. The third-order valence-electron chi connectivity index (χ3n) is 3.38. The van der Waals surface area contributed by atoms with Crippen LogP contribution in [0.2, 0.25) is 0 Å². The van der Waals surface area contributed by atoms with Crippen LogP contribution in [0.3, 0.4) is 0 Å². The quantitative estimate of drug-likeness (QED) is 0.594. The van der Waals surface area contributed by atoms with Crippen molar-refractivity contribution in [2.75, 3.05) is 20.2 Å². The molecule has 0 aliphatic carbocycles. The predicted molar refractivity (Wildman–Crippen MR) is 64.8 cm³/mol. The second-order valence-corrected chi connectivity index (χ2v) is 4.69. The third kappa shape index (κ3) is 2.72. The first-order valence-electron chi connectivity index (χ1n) is 6.01. The smallest absolute Gasteiger partial charge is 0.310 e. The Morgan fingerprint density at radius 1 is 1.42 bits per heavy atom. The SMILES string of the molecule is COC(=O)C1CN(C(=O)c2ccc(F)nc2)CC1C. The van der Waals surface area contributed by atoms with E-state index in [1.165, 1.54) is 19.4 Å². The number of likely N-dealkylation sites (tertiary alicyclic amines) is 1. The van der Waals surface area contributed by atoms with Crippen molar-refractivity contribution >= 4 is 11.9 Å². The van der Waals surface area contributed by atoms with Gasteiger partial charge < -0.3 is 9.64 Å². The van der Waals surface area contributed by atoms with Crippen molar-refractivity contribution in [2.24, 2.45) is 11.8 Å². The molecule has 1 aromatic rings. The number of hydrogen-bond acceptors (Lipinski definition) is 4. The molecule has 1 aliphatic rings. The molecule has 2 heterocycles. The molecular weight excluding hydrogens is 251 g/mol. The largest absolute Gasteiger partial charge is 0.469 e. The number of aromatic nitrogens is 1. The lowest BCUT2D eigenvalue weighted by Crippen LogP contribution is -2.30. The van der Waals surface area contributed by atoms with Gasteiger partial charge in [-0.3, -0.25) is 9.59 Å². The van der Waals surface area contributed by atoms with Crippen molar-refractivity contribution in [1.29, 1.82) is 0 Å². The average Bonchev–Trinajstić information content (AvgIpc) is 2.80. The maximum atomic E-state index is 12.7. The third-order valence-corrected chi connectivity index (χ3v) is 3.38. The summed E-state index contributed by atoms with van der Waals surface area (Å²) in [6.45, 7) is 2.71. The number of carbonyl (C=O) groups excluding carboxylic acids is 2. The molecule has 6 heteroatoms. The summed E-state index contributed by atoms with van der Waals surface area (Å²) in [6.07, 6.45) is 1.20. The Kier molecular flexibility index (Phi) is 3.78. The fourth-order valence-corrected chi connectivity index (χ4v) is 2.28. The van der Waals surface area contributed by atoms with E-state index in [9.17, 15) is 14.0 Å². The zero-order valence-electron chi connectivity index (χ0n) is 10.8. The topological polar surface area (TPSA) is 59.5 Å². The summed E-state index contributed by atoms with van der Waals surface area (Å²) in [5, 5.41) is 0. The van der Waals surface area contributed by atoms with Crippen LogP contribution in [-0.4, -0.2) is 42.0 Å². The maximum Gasteiger partial charge on any atom is 0.310 e. The summed E-state index contributed by atoms with van der Waals surface area (Å²) >= 11 is 0. The van der Waals surface area contributed by atoms with Gasteiger partial charge in [0.1, 0.15) is 0 Å². The number of esters is 1. The zero-order chi connectivity index (χ0) is 14.0. The molecule has 1 aliphatic heterocycles. The van der Waals surface area contributed by atoms with Crippen molar-refractivity contribution in [3.63, 3.8) is 0 Å². The van der Waals surface area contributed by atoms with Crippen LogP contribution in [0.15, 0.2) is 18.3 Å². The first kappa shape index (κ1) is 13.5. The molecule has 19 heavy (non-hydrogen) atoms. The Hall–Kier alpha value is -1.98. The fraction of sp³-hybridized carbons (Fsp3) is 0.462. The van der Waals surface area contributed by atoms with Crippen LogP contribution < -0.4 is 0 Å². The minimum absolute atomic E-state index is 0.0461. The van der Waals surface area contributed by atoms with E-state index in [1.54, 1.807) is 4.90 Å². The molecule has 1 saturated heterocycles. The Morgan fingerprint density at radius 2 is 2.16 bits per heavy atom. The van der Waals surface area contributed by atoms with Gasteiger partial charge >= 0.3 is 5.97 Å². The lowest BCUT2D eigenvalue weighted by Gasteiger charge is -2.15.